The molecule has 0 saturated carbocycles. The van der Waals surface area contributed by atoms with Crippen LogP contribution in [0, 0.1) is 0 Å². The Balaban J connectivity index is 1.80. The molecule has 1 N–H and O–H groups in total. The minimum absolute atomic E-state index is 0.00500. The van der Waals surface area contributed by atoms with E-state index in [0.29, 0.717) is 16.3 Å². The van der Waals surface area contributed by atoms with E-state index >= 15 is 0 Å². The highest BCUT2D eigenvalue weighted by atomic mass is 35.5. The smallest absolute Gasteiger partial charge is 0.254 e. The second-order valence-electron chi connectivity index (χ2n) is 6.67. The van der Waals surface area contributed by atoms with E-state index in [0.717, 1.165) is 42.5 Å². The summed E-state index contributed by atoms with van der Waals surface area (Å²) in [5.74, 6) is -0.162. The largest absolute Gasteiger partial charge is 0.336 e. The van der Waals surface area contributed by atoms with Crippen LogP contribution < -0.4 is 5.32 Å². The van der Waals surface area contributed by atoms with Crippen molar-refractivity contribution in [3.63, 3.8) is 0 Å². The Bertz CT molecular complexity index is 849. The van der Waals surface area contributed by atoms with Crippen molar-refractivity contribution in [2.75, 3.05) is 38.0 Å². The Kier molecular flexibility index (Phi) is 6.99. The second kappa shape index (κ2) is 9.45. The molecule has 0 atom stereocenters. The lowest BCUT2D eigenvalue weighted by atomic mass is 10.1. The predicted molar refractivity (Wildman–Crippen MR) is 114 cm³/mol. The lowest BCUT2D eigenvalue weighted by Gasteiger charge is -2.34. The van der Waals surface area contributed by atoms with Gasteiger partial charge in [0.05, 0.1) is 5.69 Å². The van der Waals surface area contributed by atoms with E-state index in [-0.39, 0.29) is 11.8 Å². The van der Waals surface area contributed by atoms with Crippen molar-refractivity contribution in [1.29, 1.82) is 0 Å². The highest BCUT2D eigenvalue weighted by Gasteiger charge is 2.22. The fraction of sp³-hybridized carbons (Fsp3) is 0.333. The maximum absolute atomic E-state index is 12.9. The molecule has 148 valence electrons. The third-order valence-corrected chi connectivity index (χ3v) is 6.02. The van der Waals surface area contributed by atoms with E-state index in [9.17, 15) is 9.59 Å². The van der Waals surface area contributed by atoms with Gasteiger partial charge in [-0.3, -0.25) is 9.59 Å². The lowest BCUT2D eigenvalue weighted by Crippen LogP contribution is -2.48. The first kappa shape index (κ1) is 20.7. The molecular weight excluding hydrogens is 394 g/mol. The molecule has 1 aliphatic rings. The van der Waals surface area contributed by atoms with E-state index in [4.69, 9.17) is 11.6 Å². The van der Waals surface area contributed by atoms with Crippen LogP contribution in [-0.2, 0) is 4.79 Å². The summed E-state index contributed by atoms with van der Waals surface area (Å²) in [6, 6.07) is 13.0. The molecular formula is C21H24ClN3O2S. The fourth-order valence-corrected chi connectivity index (χ4v) is 4.13. The summed E-state index contributed by atoms with van der Waals surface area (Å²) in [6.45, 7) is 7.85. The van der Waals surface area contributed by atoms with Crippen LogP contribution >= 0.6 is 23.4 Å². The van der Waals surface area contributed by atoms with Gasteiger partial charge in [0.15, 0.2) is 0 Å². The quantitative estimate of drug-likeness (QED) is 0.791. The summed E-state index contributed by atoms with van der Waals surface area (Å²) in [5.41, 5.74) is 1.24. The summed E-state index contributed by atoms with van der Waals surface area (Å²) < 4.78 is 0. The zero-order valence-corrected chi connectivity index (χ0v) is 17.6. The fourth-order valence-electron chi connectivity index (χ4n) is 3.12. The summed E-state index contributed by atoms with van der Waals surface area (Å²) in [7, 11) is 0. The molecule has 0 radical (unpaired) electrons. The first-order chi connectivity index (χ1) is 13.5. The van der Waals surface area contributed by atoms with E-state index in [1.165, 1.54) is 18.7 Å². The van der Waals surface area contributed by atoms with Gasteiger partial charge in [0.1, 0.15) is 0 Å². The molecule has 1 saturated heterocycles. The minimum atomic E-state index is -0.167. The second-order valence-corrected chi connectivity index (χ2v) is 8.23. The molecule has 0 bridgehead atoms. The van der Waals surface area contributed by atoms with Crippen LogP contribution in [0.25, 0.3) is 0 Å². The number of benzene rings is 2. The average Bonchev–Trinajstić information content (AvgIpc) is 2.70. The van der Waals surface area contributed by atoms with E-state index in [1.54, 1.807) is 6.07 Å². The van der Waals surface area contributed by atoms with Gasteiger partial charge in [-0.15, -0.1) is 0 Å². The topological polar surface area (TPSA) is 52.6 Å². The molecule has 0 unspecified atom stereocenters. The van der Waals surface area contributed by atoms with Gasteiger partial charge in [0, 0.05) is 53.5 Å². The number of carbonyl (C=O) groups is 2. The van der Waals surface area contributed by atoms with Gasteiger partial charge >= 0.3 is 0 Å². The molecule has 1 heterocycles. The molecule has 1 aliphatic heterocycles. The van der Waals surface area contributed by atoms with Gasteiger partial charge in [-0.2, -0.15) is 0 Å². The molecule has 2 amide bonds. The number of carbonyl (C=O) groups excluding carboxylic acids is 2. The highest BCUT2D eigenvalue weighted by Crippen LogP contribution is 2.35. The molecule has 0 aliphatic carbocycles. The van der Waals surface area contributed by atoms with Gasteiger partial charge in [0.2, 0.25) is 5.91 Å². The van der Waals surface area contributed by atoms with Crippen LogP contribution in [0.5, 0.6) is 0 Å². The van der Waals surface area contributed by atoms with Crippen molar-refractivity contribution in [3.05, 3.63) is 53.1 Å². The van der Waals surface area contributed by atoms with Crippen LogP contribution in [0.2, 0.25) is 5.02 Å². The van der Waals surface area contributed by atoms with Crippen LogP contribution in [0.1, 0.15) is 24.2 Å². The lowest BCUT2D eigenvalue weighted by molar-refractivity contribution is -0.114. The number of amides is 2. The van der Waals surface area contributed by atoms with E-state index in [1.807, 2.05) is 41.3 Å². The number of nitrogens with zero attached hydrogens (tertiary/aromatic N) is 2. The van der Waals surface area contributed by atoms with Gasteiger partial charge in [-0.05, 0) is 49.0 Å². The maximum Gasteiger partial charge on any atom is 0.254 e. The van der Waals surface area contributed by atoms with Crippen molar-refractivity contribution in [3.8, 4) is 0 Å². The van der Waals surface area contributed by atoms with Crippen LogP contribution in [0.3, 0.4) is 0 Å². The molecule has 7 heteroatoms. The van der Waals surface area contributed by atoms with Gasteiger partial charge in [-0.1, -0.05) is 30.3 Å². The average molecular weight is 418 g/mol. The van der Waals surface area contributed by atoms with Crippen molar-refractivity contribution < 1.29 is 9.59 Å². The Morgan fingerprint density at radius 1 is 1.07 bits per heavy atom. The third-order valence-electron chi connectivity index (χ3n) is 4.69. The Hall–Kier alpha value is -2.02. The third kappa shape index (κ3) is 5.28. The van der Waals surface area contributed by atoms with Crippen molar-refractivity contribution >= 4 is 40.9 Å². The minimum Gasteiger partial charge on any atom is -0.336 e. The number of hydrogen-bond acceptors (Lipinski definition) is 4. The molecule has 2 aromatic carbocycles. The van der Waals surface area contributed by atoms with E-state index < -0.39 is 0 Å². The SMILES string of the molecule is CCN1CCN(C(=O)c2ccc(Sc3ccc(Cl)cc3)c(NC(C)=O)c2)CC1. The predicted octanol–water partition coefficient (Wildman–Crippen LogP) is 4.23. The van der Waals surface area contributed by atoms with Crippen LogP contribution in [0.4, 0.5) is 5.69 Å². The molecule has 0 aromatic heterocycles. The highest BCUT2D eigenvalue weighted by molar-refractivity contribution is 7.99. The summed E-state index contributed by atoms with van der Waals surface area (Å²) >= 11 is 7.47. The number of anilines is 1. The molecule has 1 fully saturated rings. The van der Waals surface area contributed by atoms with Gasteiger partial charge in [-0.25, -0.2) is 0 Å². The first-order valence-electron chi connectivity index (χ1n) is 9.33. The van der Waals surface area contributed by atoms with Crippen molar-refractivity contribution in [1.82, 2.24) is 9.80 Å². The standard InChI is InChI=1S/C21H24ClN3O2S/c1-3-24-10-12-25(13-11-24)21(27)16-4-9-20(19(14-16)23-15(2)26)28-18-7-5-17(22)6-8-18/h4-9,14H,3,10-13H2,1-2H3,(H,23,26). The van der Waals surface area contributed by atoms with Crippen LogP contribution in [0.15, 0.2) is 52.3 Å². The first-order valence-corrected chi connectivity index (χ1v) is 10.5. The van der Waals surface area contributed by atoms with Crippen LogP contribution in [-0.4, -0.2) is 54.3 Å². The number of piperazine rings is 1. The summed E-state index contributed by atoms with van der Waals surface area (Å²) in [4.78, 5) is 30.7. The number of likely N-dealkylation sites (N-methyl/N-ethyl adjacent to an activating group) is 1. The monoisotopic (exact) mass is 417 g/mol. The Labute approximate surface area is 175 Å². The zero-order valence-electron chi connectivity index (χ0n) is 16.1. The Morgan fingerprint density at radius 3 is 2.36 bits per heavy atom. The number of rotatable bonds is 5. The van der Waals surface area contributed by atoms with Crippen molar-refractivity contribution in [2.24, 2.45) is 0 Å². The van der Waals surface area contributed by atoms with Crippen molar-refractivity contribution in [2.45, 2.75) is 23.6 Å². The molecule has 5 nitrogen and oxygen atoms in total. The summed E-state index contributed by atoms with van der Waals surface area (Å²) in [5, 5.41) is 3.53. The Morgan fingerprint density at radius 2 is 1.75 bits per heavy atom. The number of halogens is 1. The summed E-state index contributed by atoms with van der Waals surface area (Å²) in [6.07, 6.45) is 0. The normalized spacial score (nSPS) is 14.8. The maximum atomic E-state index is 12.9. The van der Waals surface area contributed by atoms with E-state index in [2.05, 4.69) is 17.1 Å². The number of nitrogens with one attached hydrogen (secondary N) is 1. The zero-order chi connectivity index (χ0) is 20.1. The van der Waals surface area contributed by atoms with Gasteiger partial charge < -0.3 is 15.1 Å². The number of hydrogen-bond donors (Lipinski definition) is 1. The molecule has 2 aromatic rings. The molecule has 0 spiro atoms. The molecule has 28 heavy (non-hydrogen) atoms. The van der Waals surface area contributed by atoms with Gasteiger partial charge in [0.25, 0.3) is 5.91 Å². The molecule has 3 rings (SSSR count).